The van der Waals surface area contributed by atoms with Crippen molar-refractivity contribution in [3.63, 3.8) is 0 Å². The summed E-state index contributed by atoms with van der Waals surface area (Å²) in [6.45, 7) is 0. The molecule has 0 atom stereocenters. The number of nitrogens with one attached hydrogen (secondary N) is 1. The predicted molar refractivity (Wildman–Crippen MR) is 77.6 cm³/mol. The zero-order chi connectivity index (χ0) is 13.3. The maximum absolute atomic E-state index is 12.1. The van der Waals surface area contributed by atoms with E-state index in [0.29, 0.717) is 7.57 Å². The van der Waals surface area contributed by atoms with Crippen LogP contribution in [0.15, 0.2) is 30.8 Å². The lowest BCUT2D eigenvalue weighted by atomic mass is 10.7. The van der Waals surface area contributed by atoms with Gasteiger partial charge in [0.05, 0.1) is 7.57 Å². The zero-order valence-corrected chi connectivity index (χ0v) is 14.0. The van der Waals surface area contributed by atoms with Crippen molar-refractivity contribution in [2.75, 3.05) is 4.72 Å². The average molecular weight is 434 g/mol. The Balaban J connectivity index is 2.36. The van der Waals surface area contributed by atoms with E-state index < -0.39 is 10.0 Å². The molecule has 0 aliphatic rings. The van der Waals surface area contributed by atoms with E-state index in [-0.39, 0.29) is 16.0 Å². The maximum atomic E-state index is 12.1. The minimum absolute atomic E-state index is 0.0725. The fraction of sp³-hybridized carbons (Fsp3) is 0. The van der Waals surface area contributed by atoms with Crippen LogP contribution in [0.2, 0.25) is 5.15 Å². The topological polar surface area (TPSA) is 72.0 Å². The van der Waals surface area contributed by atoms with E-state index in [0.717, 1.165) is 0 Å². The Morgan fingerprint density at radius 3 is 2.67 bits per heavy atom. The van der Waals surface area contributed by atoms with Crippen LogP contribution in [0, 0.1) is 0 Å². The molecule has 10 heteroatoms. The third kappa shape index (κ3) is 3.21. The van der Waals surface area contributed by atoms with Crippen LogP contribution in [0.5, 0.6) is 0 Å². The van der Waals surface area contributed by atoms with E-state index in [1.807, 2.05) is 0 Å². The maximum Gasteiger partial charge on any atom is 0.266 e. The van der Waals surface area contributed by atoms with Crippen LogP contribution in [0.1, 0.15) is 0 Å². The van der Waals surface area contributed by atoms with Crippen LogP contribution in [0.4, 0.5) is 5.95 Å². The Bertz CT molecular complexity index is 689. The predicted octanol–water partition coefficient (Wildman–Crippen LogP) is 3.52. The van der Waals surface area contributed by atoms with Crippen LogP contribution < -0.4 is 4.72 Å². The van der Waals surface area contributed by atoms with E-state index in [2.05, 4.69) is 46.5 Å². The number of nitrogens with zero attached hydrogens (tertiary/aromatic N) is 2. The highest BCUT2D eigenvalue weighted by molar-refractivity contribution is 9.12. The highest BCUT2D eigenvalue weighted by Gasteiger charge is 2.21. The van der Waals surface area contributed by atoms with Gasteiger partial charge in [-0.3, -0.25) is 0 Å². The Morgan fingerprint density at radius 2 is 2.11 bits per heavy atom. The molecule has 2 aromatic heterocycles. The van der Waals surface area contributed by atoms with Crippen molar-refractivity contribution in [2.24, 2.45) is 0 Å². The van der Waals surface area contributed by atoms with Gasteiger partial charge in [0, 0.05) is 6.20 Å². The van der Waals surface area contributed by atoms with E-state index in [1.165, 1.54) is 29.7 Å². The lowest BCUT2D eigenvalue weighted by molar-refractivity contribution is 0.601. The summed E-state index contributed by atoms with van der Waals surface area (Å²) in [6.07, 6.45) is 1.37. The van der Waals surface area contributed by atoms with Crippen molar-refractivity contribution in [3.8, 4) is 0 Å². The Kier molecular flexibility index (Phi) is 4.27. The number of anilines is 1. The van der Waals surface area contributed by atoms with Gasteiger partial charge in [-0.25, -0.2) is 23.1 Å². The highest BCUT2D eigenvalue weighted by Crippen LogP contribution is 2.35. The Labute approximate surface area is 129 Å². The van der Waals surface area contributed by atoms with Crippen molar-refractivity contribution in [2.45, 2.75) is 4.90 Å². The minimum atomic E-state index is -3.74. The summed E-state index contributed by atoms with van der Waals surface area (Å²) in [4.78, 5) is 7.65. The fourth-order valence-corrected chi connectivity index (χ4v) is 5.97. The molecule has 2 rings (SSSR count). The molecular formula is C8H4Br2ClN3O2S2. The van der Waals surface area contributed by atoms with E-state index in [4.69, 9.17) is 11.6 Å². The number of hydrogen-bond acceptors (Lipinski definition) is 5. The van der Waals surface area contributed by atoms with Gasteiger partial charge in [0.25, 0.3) is 10.0 Å². The normalized spacial score (nSPS) is 11.5. The van der Waals surface area contributed by atoms with E-state index in [9.17, 15) is 8.42 Å². The largest absolute Gasteiger partial charge is 0.266 e. The molecule has 0 fully saturated rings. The summed E-state index contributed by atoms with van der Waals surface area (Å²) in [5.74, 6) is -0.0725. The van der Waals surface area contributed by atoms with Gasteiger partial charge in [0.1, 0.15) is 10.0 Å². The summed E-state index contributed by atoms with van der Waals surface area (Å²) in [7, 11) is -3.74. The second-order valence-electron chi connectivity index (χ2n) is 3.00. The van der Waals surface area contributed by atoms with Gasteiger partial charge >= 0.3 is 0 Å². The van der Waals surface area contributed by atoms with Crippen LogP contribution in [0.3, 0.4) is 0 Å². The highest BCUT2D eigenvalue weighted by atomic mass is 79.9. The molecule has 0 aliphatic heterocycles. The first-order valence-corrected chi connectivity index (χ1v) is 8.61. The molecule has 18 heavy (non-hydrogen) atoms. The number of hydrogen-bond donors (Lipinski definition) is 1. The number of sulfonamides is 1. The molecule has 2 aromatic rings. The SMILES string of the molecule is O=S(=O)(Nc1nccc(Cl)n1)c1cc(Br)sc1Br. The molecular weight excluding hydrogens is 430 g/mol. The Hall–Kier alpha value is -0.220. The van der Waals surface area contributed by atoms with Crippen molar-refractivity contribution in [3.05, 3.63) is 31.1 Å². The van der Waals surface area contributed by atoms with Crippen molar-refractivity contribution in [1.29, 1.82) is 0 Å². The smallest absolute Gasteiger partial charge is 0.247 e. The molecule has 0 saturated heterocycles. The van der Waals surface area contributed by atoms with Gasteiger partial charge in [-0.05, 0) is 44.0 Å². The van der Waals surface area contributed by atoms with Crippen LogP contribution in [0.25, 0.3) is 0 Å². The summed E-state index contributed by atoms with van der Waals surface area (Å²) in [6, 6.07) is 2.94. The van der Waals surface area contributed by atoms with Gasteiger partial charge in [0.15, 0.2) is 0 Å². The van der Waals surface area contributed by atoms with Crippen LogP contribution >= 0.6 is 54.8 Å². The molecule has 0 saturated carbocycles. The first-order valence-electron chi connectivity index (χ1n) is 4.35. The van der Waals surface area contributed by atoms with E-state index >= 15 is 0 Å². The summed E-state index contributed by atoms with van der Waals surface area (Å²) < 4.78 is 27.6. The minimum Gasteiger partial charge on any atom is -0.247 e. The molecule has 0 unspecified atom stereocenters. The van der Waals surface area contributed by atoms with Crippen LogP contribution in [-0.2, 0) is 10.0 Å². The molecule has 0 aliphatic carbocycles. The molecule has 0 spiro atoms. The van der Waals surface area contributed by atoms with Crippen molar-refractivity contribution >= 4 is 70.8 Å². The average Bonchev–Trinajstić information content (AvgIpc) is 2.58. The molecule has 0 aromatic carbocycles. The van der Waals surface area contributed by atoms with Crippen LogP contribution in [-0.4, -0.2) is 18.4 Å². The molecule has 0 radical (unpaired) electrons. The molecule has 2 heterocycles. The molecule has 0 amide bonds. The second kappa shape index (κ2) is 5.41. The second-order valence-corrected chi connectivity index (χ2v) is 8.78. The molecule has 96 valence electrons. The van der Waals surface area contributed by atoms with Crippen molar-refractivity contribution < 1.29 is 8.42 Å². The fourth-order valence-electron chi connectivity index (χ4n) is 1.07. The van der Waals surface area contributed by atoms with Gasteiger partial charge in [-0.2, -0.15) is 0 Å². The molecule has 1 N–H and O–H groups in total. The summed E-state index contributed by atoms with van der Waals surface area (Å²) >= 11 is 13.3. The lowest BCUT2D eigenvalue weighted by Crippen LogP contribution is -2.14. The van der Waals surface area contributed by atoms with Gasteiger partial charge < -0.3 is 0 Å². The standard InChI is InChI=1S/C8H4Br2ClN3O2S2/c9-5-3-4(7(10)17-5)18(15,16)14-8-12-2-1-6(11)13-8/h1-3H,(H,12,13,14). The van der Waals surface area contributed by atoms with Gasteiger partial charge in [-0.15, -0.1) is 11.3 Å². The third-order valence-corrected chi connectivity index (χ3v) is 6.06. The number of rotatable bonds is 3. The quantitative estimate of drug-likeness (QED) is 0.752. The number of aromatic nitrogens is 2. The monoisotopic (exact) mass is 431 g/mol. The van der Waals surface area contributed by atoms with Gasteiger partial charge in [-0.1, -0.05) is 11.6 Å². The van der Waals surface area contributed by atoms with E-state index in [1.54, 1.807) is 0 Å². The first kappa shape index (κ1) is 14.2. The van der Waals surface area contributed by atoms with Gasteiger partial charge in [0.2, 0.25) is 5.95 Å². The summed E-state index contributed by atoms with van der Waals surface area (Å²) in [5.41, 5.74) is 0. The van der Waals surface area contributed by atoms with Crippen molar-refractivity contribution in [1.82, 2.24) is 9.97 Å². The number of halogens is 3. The third-order valence-electron chi connectivity index (χ3n) is 1.76. The zero-order valence-electron chi connectivity index (χ0n) is 8.39. The lowest BCUT2D eigenvalue weighted by Gasteiger charge is -2.05. The number of thiophene rings is 1. The first-order chi connectivity index (χ1) is 8.38. The molecule has 0 bridgehead atoms. The molecule has 5 nitrogen and oxygen atoms in total. The summed E-state index contributed by atoms with van der Waals surface area (Å²) in [5, 5.41) is 0.160. The Morgan fingerprint density at radius 1 is 1.39 bits per heavy atom.